The molecule has 0 fully saturated rings. The van der Waals surface area contributed by atoms with Gasteiger partial charge in [0.25, 0.3) is 0 Å². The number of quaternary nitrogens is 1. The lowest BCUT2D eigenvalue weighted by Crippen LogP contribution is -2.39. The average Bonchev–Trinajstić information content (AvgIpc) is 2.38. The van der Waals surface area contributed by atoms with E-state index in [4.69, 9.17) is 0 Å². The quantitative estimate of drug-likeness (QED) is 0.604. The summed E-state index contributed by atoms with van der Waals surface area (Å²) in [6, 6.07) is 18.0. The van der Waals surface area contributed by atoms with E-state index in [-0.39, 0.29) is 5.78 Å². The van der Waals surface area contributed by atoms with E-state index < -0.39 is 0 Å². The van der Waals surface area contributed by atoms with Crippen LogP contribution in [0.4, 0.5) is 0 Å². The van der Waals surface area contributed by atoms with Crippen LogP contribution in [0.5, 0.6) is 0 Å². The molecule has 0 aliphatic heterocycles. The van der Waals surface area contributed by atoms with Crippen molar-refractivity contribution in [3.8, 4) is 11.1 Å². The maximum Gasteiger partial charge on any atom is 0.216 e. The molecule has 0 atom stereocenters. The smallest absolute Gasteiger partial charge is 0.216 e. The normalized spacial score (nSPS) is 11.3. The molecule has 0 radical (unpaired) electrons. The van der Waals surface area contributed by atoms with E-state index in [1.165, 1.54) is 5.56 Å². The SMILES string of the molecule is C[N+](C)(C)CC(=O)c1ccc(-c2ccccc2)cc1. The van der Waals surface area contributed by atoms with E-state index in [9.17, 15) is 4.79 Å². The highest BCUT2D eigenvalue weighted by Crippen LogP contribution is 2.19. The fraction of sp³-hybridized carbons (Fsp3) is 0.235. The van der Waals surface area contributed by atoms with E-state index in [2.05, 4.69) is 12.1 Å². The predicted octanol–water partition coefficient (Wildman–Crippen LogP) is 3.24. The lowest BCUT2D eigenvalue weighted by molar-refractivity contribution is -0.861. The molecule has 2 heteroatoms. The second-order valence-corrected chi connectivity index (χ2v) is 5.81. The van der Waals surface area contributed by atoms with Gasteiger partial charge in [0.15, 0.2) is 0 Å². The number of hydrogen-bond donors (Lipinski definition) is 0. The minimum atomic E-state index is 0.187. The Hall–Kier alpha value is -1.93. The van der Waals surface area contributed by atoms with Crippen LogP contribution in [-0.4, -0.2) is 38.0 Å². The van der Waals surface area contributed by atoms with E-state index in [0.717, 1.165) is 11.1 Å². The molecule has 0 heterocycles. The van der Waals surface area contributed by atoms with E-state index >= 15 is 0 Å². The van der Waals surface area contributed by atoms with Gasteiger partial charge in [-0.3, -0.25) is 4.79 Å². The zero-order valence-electron chi connectivity index (χ0n) is 11.8. The van der Waals surface area contributed by atoms with Gasteiger partial charge in [-0.15, -0.1) is 0 Å². The number of rotatable bonds is 4. The maximum atomic E-state index is 12.1. The first-order valence-electron chi connectivity index (χ1n) is 6.45. The predicted molar refractivity (Wildman–Crippen MR) is 79.1 cm³/mol. The summed E-state index contributed by atoms with van der Waals surface area (Å²) in [5.74, 6) is 0.187. The Bertz CT molecular complexity index is 550. The van der Waals surface area contributed by atoms with Crippen molar-refractivity contribution in [2.75, 3.05) is 27.7 Å². The molecule has 98 valence electrons. The molecule has 0 spiro atoms. The molecular weight excluding hydrogens is 234 g/mol. The minimum absolute atomic E-state index is 0.187. The van der Waals surface area contributed by atoms with Crippen molar-refractivity contribution in [3.05, 3.63) is 60.2 Å². The number of carbonyl (C=O) groups is 1. The van der Waals surface area contributed by atoms with Crippen molar-refractivity contribution in [3.63, 3.8) is 0 Å². The zero-order chi connectivity index (χ0) is 13.9. The average molecular weight is 254 g/mol. The second kappa shape index (κ2) is 5.37. The largest absolute Gasteiger partial charge is 0.324 e. The van der Waals surface area contributed by atoms with E-state index in [1.807, 2.05) is 63.6 Å². The van der Waals surface area contributed by atoms with Crippen LogP contribution in [0.1, 0.15) is 10.4 Å². The summed E-state index contributed by atoms with van der Waals surface area (Å²) in [6.07, 6.45) is 0. The first-order chi connectivity index (χ1) is 8.96. The zero-order valence-corrected chi connectivity index (χ0v) is 11.8. The second-order valence-electron chi connectivity index (χ2n) is 5.81. The summed E-state index contributed by atoms with van der Waals surface area (Å²) in [4.78, 5) is 12.1. The number of hydrogen-bond acceptors (Lipinski definition) is 1. The van der Waals surface area contributed by atoms with Crippen LogP contribution in [0.3, 0.4) is 0 Å². The molecule has 0 unspecified atom stereocenters. The lowest BCUT2D eigenvalue weighted by Gasteiger charge is -2.22. The van der Waals surface area contributed by atoms with Gasteiger partial charge in [-0.1, -0.05) is 54.6 Å². The van der Waals surface area contributed by atoms with E-state index in [0.29, 0.717) is 11.0 Å². The highest BCUT2D eigenvalue weighted by molar-refractivity contribution is 5.97. The highest BCUT2D eigenvalue weighted by atomic mass is 16.1. The fourth-order valence-electron chi connectivity index (χ4n) is 2.00. The Morgan fingerprint density at radius 2 is 1.37 bits per heavy atom. The summed E-state index contributed by atoms with van der Waals surface area (Å²) in [5, 5.41) is 0. The standard InChI is InChI=1S/C17H20NO/c1-18(2,3)13-17(19)16-11-9-15(10-12-16)14-7-5-4-6-8-14/h4-12H,13H2,1-3H3/q+1. The molecule has 0 saturated carbocycles. The van der Waals surface area contributed by atoms with Crippen LogP contribution < -0.4 is 0 Å². The van der Waals surface area contributed by atoms with Crippen molar-refractivity contribution in [2.45, 2.75) is 0 Å². The number of benzene rings is 2. The van der Waals surface area contributed by atoms with Gasteiger partial charge in [0.2, 0.25) is 5.78 Å². The van der Waals surface area contributed by atoms with E-state index in [1.54, 1.807) is 0 Å². The number of Topliss-reactive ketones (excluding diaryl/α,β-unsaturated/α-hetero) is 1. The molecule has 2 aromatic rings. The molecule has 0 amide bonds. The van der Waals surface area contributed by atoms with Gasteiger partial charge in [-0.05, 0) is 11.1 Å². The van der Waals surface area contributed by atoms with Crippen LogP contribution in [-0.2, 0) is 0 Å². The Kier molecular flexibility index (Phi) is 3.82. The summed E-state index contributed by atoms with van der Waals surface area (Å²) in [7, 11) is 6.07. The van der Waals surface area contributed by atoms with Gasteiger partial charge in [-0.2, -0.15) is 0 Å². The Labute approximate surface area is 114 Å². The molecule has 0 bridgehead atoms. The minimum Gasteiger partial charge on any atom is -0.324 e. The van der Waals surface area contributed by atoms with Gasteiger partial charge in [0.1, 0.15) is 6.54 Å². The lowest BCUT2D eigenvalue weighted by atomic mass is 10.0. The van der Waals surface area contributed by atoms with Crippen molar-refractivity contribution < 1.29 is 9.28 Å². The molecule has 2 aromatic carbocycles. The molecular formula is C17H20NO+. The first kappa shape index (κ1) is 13.5. The monoisotopic (exact) mass is 254 g/mol. The molecule has 0 aliphatic carbocycles. The maximum absolute atomic E-state index is 12.1. The van der Waals surface area contributed by atoms with Crippen LogP contribution in [0.2, 0.25) is 0 Å². The molecule has 0 N–H and O–H groups in total. The summed E-state index contributed by atoms with van der Waals surface area (Å²) >= 11 is 0. The fourth-order valence-corrected chi connectivity index (χ4v) is 2.00. The van der Waals surface area contributed by atoms with Crippen LogP contribution in [0.25, 0.3) is 11.1 Å². The van der Waals surface area contributed by atoms with Crippen LogP contribution in [0, 0.1) is 0 Å². The Morgan fingerprint density at radius 3 is 1.89 bits per heavy atom. The van der Waals surface area contributed by atoms with Gasteiger partial charge in [0, 0.05) is 5.56 Å². The van der Waals surface area contributed by atoms with Gasteiger partial charge >= 0.3 is 0 Å². The highest BCUT2D eigenvalue weighted by Gasteiger charge is 2.15. The third kappa shape index (κ3) is 3.76. The molecule has 0 aromatic heterocycles. The molecule has 0 saturated heterocycles. The molecule has 19 heavy (non-hydrogen) atoms. The Balaban J connectivity index is 2.17. The van der Waals surface area contributed by atoms with Crippen molar-refractivity contribution in [1.29, 1.82) is 0 Å². The number of ketones is 1. The van der Waals surface area contributed by atoms with Gasteiger partial charge in [0.05, 0.1) is 21.1 Å². The number of nitrogens with zero attached hydrogens (tertiary/aromatic N) is 1. The van der Waals surface area contributed by atoms with Crippen LogP contribution in [0.15, 0.2) is 54.6 Å². The van der Waals surface area contributed by atoms with Crippen molar-refractivity contribution >= 4 is 5.78 Å². The van der Waals surface area contributed by atoms with Crippen molar-refractivity contribution in [2.24, 2.45) is 0 Å². The topological polar surface area (TPSA) is 17.1 Å². The van der Waals surface area contributed by atoms with Crippen LogP contribution >= 0.6 is 0 Å². The third-order valence-electron chi connectivity index (χ3n) is 2.93. The first-order valence-corrected chi connectivity index (χ1v) is 6.45. The Morgan fingerprint density at radius 1 is 0.842 bits per heavy atom. The number of likely N-dealkylation sites (N-methyl/N-ethyl adjacent to an activating group) is 1. The van der Waals surface area contributed by atoms with Gasteiger partial charge < -0.3 is 4.48 Å². The third-order valence-corrected chi connectivity index (χ3v) is 2.93. The number of carbonyl (C=O) groups excluding carboxylic acids is 1. The summed E-state index contributed by atoms with van der Waals surface area (Å²) < 4.78 is 0.652. The summed E-state index contributed by atoms with van der Waals surface area (Å²) in [6.45, 7) is 0.519. The van der Waals surface area contributed by atoms with Gasteiger partial charge in [-0.25, -0.2) is 0 Å². The molecule has 2 nitrogen and oxygen atoms in total. The molecule has 0 aliphatic rings. The summed E-state index contributed by atoms with van der Waals surface area (Å²) in [5.41, 5.74) is 3.10. The molecule has 2 rings (SSSR count). The van der Waals surface area contributed by atoms with Crippen molar-refractivity contribution in [1.82, 2.24) is 0 Å².